The quantitative estimate of drug-likeness (QED) is 0.697. The minimum absolute atomic E-state index is 0.194. The average Bonchev–Trinajstić information content (AvgIpc) is 3.19. The van der Waals surface area contributed by atoms with Crippen molar-refractivity contribution in [2.45, 2.75) is 63.8 Å². The molecular formula is C22H31NO5. The van der Waals surface area contributed by atoms with E-state index in [1.54, 1.807) is 0 Å². The van der Waals surface area contributed by atoms with Gasteiger partial charge in [0.25, 0.3) is 0 Å². The molecular weight excluding hydrogens is 358 g/mol. The van der Waals surface area contributed by atoms with Gasteiger partial charge in [0, 0.05) is 6.04 Å². The zero-order chi connectivity index (χ0) is 20.4. The third kappa shape index (κ3) is 4.23. The Labute approximate surface area is 167 Å². The van der Waals surface area contributed by atoms with Crippen LogP contribution in [0.25, 0.3) is 0 Å². The Morgan fingerprint density at radius 3 is 2.57 bits per heavy atom. The Bertz CT molecular complexity index is 699. The van der Waals surface area contributed by atoms with Gasteiger partial charge in [-0.3, -0.25) is 14.5 Å². The van der Waals surface area contributed by atoms with Crippen LogP contribution in [-0.4, -0.2) is 54.3 Å². The Kier molecular flexibility index (Phi) is 6.10. The topological polar surface area (TPSA) is 65.1 Å². The van der Waals surface area contributed by atoms with Crippen LogP contribution in [0.2, 0.25) is 0 Å². The van der Waals surface area contributed by atoms with Crippen LogP contribution in [0.3, 0.4) is 0 Å². The van der Waals surface area contributed by atoms with Crippen LogP contribution in [0.1, 0.15) is 45.6 Å². The molecule has 1 aromatic carbocycles. The number of benzene rings is 1. The van der Waals surface area contributed by atoms with E-state index in [9.17, 15) is 9.59 Å². The van der Waals surface area contributed by atoms with E-state index in [4.69, 9.17) is 14.2 Å². The van der Waals surface area contributed by atoms with Crippen molar-refractivity contribution in [3.8, 4) is 0 Å². The number of methoxy groups -OCH3 is 1. The second-order valence-corrected chi connectivity index (χ2v) is 8.73. The summed E-state index contributed by atoms with van der Waals surface area (Å²) in [5.41, 5.74) is -0.232. The van der Waals surface area contributed by atoms with E-state index in [1.807, 2.05) is 51.1 Å². The summed E-state index contributed by atoms with van der Waals surface area (Å²) in [4.78, 5) is 27.7. The molecule has 0 amide bonds. The Balaban J connectivity index is 1.77. The molecule has 0 radical (unpaired) electrons. The maximum absolute atomic E-state index is 12.9. The molecule has 0 saturated carbocycles. The molecule has 2 fully saturated rings. The van der Waals surface area contributed by atoms with Crippen LogP contribution in [0.5, 0.6) is 0 Å². The van der Waals surface area contributed by atoms with Gasteiger partial charge >= 0.3 is 11.9 Å². The lowest BCUT2D eigenvalue weighted by Gasteiger charge is -2.32. The van der Waals surface area contributed by atoms with Gasteiger partial charge in [-0.05, 0) is 52.1 Å². The fraction of sp³-hybridized carbons (Fsp3) is 0.636. The minimum atomic E-state index is -0.739. The SMILES string of the molecule is COC(=O)[C@]12CCCN1[C@@H](COCc1ccccc1)[C@@H](C(=O)OC(C)(C)C)C2. The molecule has 6 heteroatoms. The second kappa shape index (κ2) is 8.21. The molecule has 0 N–H and O–H groups in total. The highest BCUT2D eigenvalue weighted by Gasteiger charge is 2.61. The van der Waals surface area contributed by atoms with Gasteiger partial charge in [-0.15, -0.1) is 0 Å². The van der Waals surface area contributed by atoms with Crippen molar-refractivity contribution in [1.29, 1.82) is 0 Å². The molecule has 6 nitrogen and oxygen atoms in total. The third-order valence-corrected chi connectivity index (χ3v) is 5.64. The fourth-order valence-corrected chi connectivity index (χ4v) is 4.51. The highest BCUT2D eigenvalue weighted by Crippen LogP contribution is 2.47. The minimum Gasteiger partial charge on any atom is -0.468 e. The molecule has 0 spiro atoms. The molecule has 3 atom stereocenters. The number of rotatable bonds is 6. The lowest BCUT2D eigenvalue weighted by Crippen LogP contribution is -2.50. The van der Waals surface area contributed by atoms with Gasteiger partial charge in [0.1, 0.15) is 11.1 Å². The first-order valence-electron chi connectivity index (χ1n) is 9.96. The third-order valence-electron chi connectivity index (χ3n) is 5.64. The van der Waals surface area contributed by atoms with Crippen LogP contribution in [-0.2, 0) is 30.4 Å². The fourth-order valence-electron chi connectivity index (χ4n) is 4.51. The number of carbonyl (C=O) groups excluding carboxylic acids is 2. The Morgan fingerprint density at radius 2 is 1.93 bits per heavy atom. The molecule has 0 bridgehead atoms. The number of ether oxygens (including phenoxy) is 3. The number of hydrogen-bond acceptors (Lipinski definition) is 6. The Hall–Kier alpha value is -1.92. The maximum Gasteiger partial charge on any atom is 0.326 e. The lowest BCUT2D eigenvalue weighted by atomic mass is 9.88. The average molecular weight is 389 g/mol. The second-order valence-electron chi connectivity index (χ2n) is 8.73. The largest absolute Gasteiger partial charge is 0.468 e. The first-order chi connectivity index (χ1) is 13.3. The van der Waals surface area contributed by atoms with E-state index in [0.717, 1.165) is 18.5 Å². The van der Waals surface area contributed by atoms with Crippen LogP contribution >= 0.6 is 0 Å². The van der Waals surface area contributed by atoms with Gasteiger partial charge in [0.2, 0.25) is 0 Å². The zero-order valence-corrected chi connectivity index (χ0v) is 17.3. The van der Waals surface area contributed by atoms with E-state index in [1.165, 1.54) is 7.11 Å². The molecule has 28 heavy (non-hydrogen) atoms. The zero-order valence-electron chi connectivity index (χ0n) is 17.3. The summed E-state index contributed by atoms with van der Waals surface area (Å²) < 4.78 is 16.8. The standard InChI is InChI=1S/C22H31NO5/c1-21(2,3)28-19(24)17-13-22(20(25)26-4)11-8-12-23(22)18(17)15-27-14-16-9-6-5-7-10-16/h5-7,9-10,17-18H,8,11-15H2,1-4H3/t17-,18-,22+/m0/s1. The van der Waals surface area contributed by atoms with Crippen molar-refractivity contribution < 1.29 is 23.8 Å². The molecule has 3 rings (SSSR count). The van der Waals surface area contributed by atoms with Crippen molar-refractivity contribution in [3.05, 3.63) is 35.9 Å². The van der Waals surface area contributed by atoms with E-state index in [0.29, 0.717) is 26.1 Å². The van der Waals surface area contributed by atoms with E-state index >= 15 is 0 Å². The van der Waals surface area contributed by atoms with Gasteiger partial charge in [-0.1, -0.05) is 30.3 Å². The molecule has 2 aliphatic heterocycles. The van der Waals surface area contributed by atoms with Gasteiger partial charge in [-0.2, -0.15) is 0 Å². The number of carbonyl (C=O) groups is 2. The first-order valence-corrected chi connectivity index (χ1v) is 9.96. The van der Waals surface area contributed by atoms with Crippen LogP contribution in [0, 0.1) is 5.92 Å². The molecule has 0 aliphatic carbocycles. The van der Waals surface area contributed by atoms with Gasteiger partial charge in [0.05, 0.1) is 26.2 Å². The van der Waals surface area contributed by atoms with Crippen LogP contribution < -0.4 is 0 Å². The van der Waals surface area contributed by atoms with Gasteiger partial charge < -0.3 is 14.2 Å². The summed E-state index contributed by atoms with van der Waals surface area (Å²) in [7, 11) is 1.41. The molecule has 0 unspecified atom stereocenters. The summed E-state index contributed by atoms with van der Waals surface area (Å²) in [6.45, 7) is 7.18. The van der Waals surface area contributed by atoms with Crippen LogP contribution in [0.15, 0.2) is 30.3 Å². The number of nitrogens with zero attached hydrogens (tertiary/aromatic N) is 1. The smallest absolute Gasteiger partial charge is 0.326 e. The predicted molar refractivity (Wildman–Crippen MR) is 105 cm³/mol. The highest BCUT2D eigenvalue weighted by molar-refractivity contribution is 5.85. The first kappa shape index (κ1) is 20.8. The van der Waals surface area contributed by atoms with E-state index in [-0.39, 0.29) is 18.0 Å². The van der Waals surface area contributed by atoms with Crippen molar-refractivity contribution in [3.63, 3.8) is 0 Å². The van der Waals surface area contributed by atoms with Crippen LogP contribution in [0.4, 0.5) is 0 Å². The predicted octanol–water partition coefficient (Wildman–Crippen LogP) is 2.94. The van der Waals surface area contributed by atoms with E-state index < -0.39 is 17.1 Å². The summed E-state index contributed by atoms with van der Waals surface area (Å²) in [5.74, 6) is -0.933. The summed E-state index contributed by atoms with van der Waals surface area (Å²) in [5, 5.41) is 0. The molecule has 0 aromatic heterocycles. The van der Waals surface area contributed by atoms with E-state index in [2.05, 4.69) is 4.90 Å². The van der Waals surface area contributed by atoms with Crippen molar-refractivity contribution in [2.75, 3.05) is 20.3 Å². The number of fused-ring (bicyclic) bond motifs is 1. The Morgan fingerprint density at radius 1 is 1.21 bits per heavy atom. The monoisotopic (exact) mass is 389 g/mol. The molecule has 2 saturated heterocycles. The molecule has 1 aromatic rings. The van der Waals surface area contributed by atoms with Crippen molar-refractivity contribution in [1.82, 2.24) is 4.90 Å². The summed E-state index contributed by atoms with van der Waals surface area (Å²) >= 11 is 0. The number of esters is 2. The maximum atomic E-state index is 12.9. The summed E-state index contributed by atoms with van der Waals surface area (Å²) in [6.07, 6.45) is 2.04. The summed E-state index contributed by atoms with van der Waals surface area (Å²) in [6, 6.07) is 9.73. The number of hydrogen-bond donors (Lipinski definition) is 0. The normalized spacial score (nSPS) is 27.4. The molecule has 2 heterocycles. The van der Waals surface area contributed by atoms with Gasteiger partial charge in [-0.25, -0.2) is 0 Å². The van der Waals surface area contributed by atoms with Crippen molar-refractivity contribution >= 4 is 11.9 Å². The highest BCUT2D eigenvalue weighted by atomic mass is 16.6. The molecule has 2 aliphatic rings. The van der Waals surface area contributed by atoms with Crippen molar-refractivity contribution in [2.24, 2.45) is 5.92 Å². The van der Waals surface area contributed by atoms with Gasteiger partial charge in [0.15, 0.2) is 0 Å². The molecule has 154 valence electrons. The lowest BCUT2D eigenvalue weighted by molar-refractivity contribution is -0.161.